The molecule has 0 spiro atoms. The van der Waals surface area contributed by atoms with Crippen molar-refractivity contribution >= 4 is 5.91 Å². The third kappa shape index (κ3) is 5.70. The first-order chi connectivity index (χ1) is 13.7. The molecule has 28 heavy (non-hydrogen) atoms. The molecule has 3 nitrogen and oxygen atoms in total. The van der Waals surface area contributed by atoms with E-state index in [9.17, 15) is 4.79 Å². The molecular weight excluding hydrogens is 344 g/mol. The number of quaternary nitrogens is 1. The second-order valence-electron chi connectivity index (χ2n) is 8.88. The molecule has 154 valence electrons. The molecule has 1 saturated carbocycles. The first-order valence-electron chi connectivity index (χ1n) is 11.5. The molecule has 2 N–H and O–H groups in total. The van der Waals surface area contributed by atoms with Crippen LogP contribution in [0.4, 0.5) is 0 Å². The van der Waals surface area contributed by atoms with Crippen LogP contribution in [0, 0.1) is 0 Å². The van der Waals surface area contributed by atoms with Gasteiger partial charge in [-0.1, -0.05) is 75.3 Å². The van der Waals surface area contributed by atoms with Crippen molar-refractivity contribution in [3.8, 4) is 0 Å². The van der Waals surface area contributed by atoms with Crippen LogP contribution in [0.25, 0.3) is 0 Å². The Morgan fingerprint density at radius 2 is 1.39 bits per heavy atom. The summed E-state index contributed by atoms with van der Waals surface area (Å²) in [6, 6.07) is 11.1. The number of rotatable bonds is 4. The highest BCUT2D eigenvalue weighted by Gasteiger charge is 2.38. The van der Waals surface area contributed by atoms with Crippen molar-refractivity contribution in [2.45, 2.75) is 103 Å². The molecule has 0 aromatic heterocycles. The third-order valence-corrected chi connectivity index (χ3v) is 6.75. The Hall–Kier alpha value is -1.61. The third-order valence-electron chi connectivity index (χ3n) is 6.75. The zero-order chi connectivity index (χ0) is 19.8. The molecule has 1 aromatic rings. The monoisotopic (exact) mass is 383 g/mol. The van der Waals surface area contributed by atoms with Crippen molar-refractivity contribution in [3.05, 3.63) is 47.0 Å². The van der Waals surface area contributed by atoms with E-state index < -0.39 is 0 Å². The van der Waals surface area contributed by atoms with E-state index in [-0.39, 0.29) is 12.1 Å². The molecule has 1 atom stereocenters. The van der Waals surface area contributed by atoms with Crippen LogP contribution < -0.4 is 5.32 Å². The molecule has 1 aliphatic carbocycles. The van der Waals surface area contributed by atoms with Crippen LogP contribution in [0.2, 0.25) is 0 Å². The van der Waals surface area contributed by atoms with E-state index >= 15 is 0 Å². The van der Waals surface area contributed by atoms with Gasteiger partial charge >= 0.3 is 0 Å². The number of amides is 1. The van der Waals surface area contributed by atoms with Crippen LogP contribution in [-0.4, -0.2) is 23.0 Å². The van der Waals surface area contributed by atoms with Gasteiger partial charge in [0.05, 0.1) is 12.6 Å². The SMILES string of the molecule is CC1=C(C)[C@H]([NH2+]C2CCCCCCCCCCC2)N(Cc2ccccc2)C1=O. The standard InChI is InChI=1S/C25H38N2O/c1-20-21(2)25(28)27(19-22-15-11-10-12-16-22)24(20)26-23-17-13-8-6-4-3-5-7-9-14-18-23/h10-12,15-16,23-24,26H,3-9,13-14,17-19H2,1-2H3/p+1/t24-/m1/s1. The van der Waals surface area contributed by atoms with Gasteiger partial charge in [0, 0.05) is 11.1 Å². The fourth-order valence-corrected chi connectivity index (χ4v) is 4.81. The molecule has 3 heteroatoms. The number of carbonyl (C=O) groups excluding carboxylic acids is 1. The number of benzene rings is 1. The smallest absolute Gasteiger partial charge is 0.254 e. The minimum Gasteiger partial charge on any atom is -0.320 e. The summed E-state index contributed by atoms with van der Waals surface area (Å²) in [6.45, 7) is 4.88. The number of hydrogen-bond acceptors (Lipinski definition) is 1. The molecule has 0 bridgehead atoms. The lowest BCUT2D eigenvalue weighted by Gasteiger charge is -2.28. The van der Waals surface area contributed by atoms with Gasteiger partial charge in [-0.3, -0.25) is 9.69 Å². The molecule has 1 aromatic carbocycles. The molecular formula is C25H39N2O+. The Bertz CT molecular complexity index is 640. The highest BCUT2D eigenvalue weighted by Crippen LogP contribution is 2.24. The maximum Gasteiger partial charge on any atom is 0.254 e. The quantitative estimate of drug-likeness (QED) is 0.786. The first kappa shape index (κ1) is 21.1. The van der Waals surface area contributed by atoms with Crippen molar-refractivity contribution in [1.82, 2.24) is 4.90 Å². The van der Waals surface area contributed by atoms with E-state index in [0.29, 0.717) is 12.6 Å². The average Bonchev–Trinajstić information content (AvgIpc) is 2.89. The number of nitrogens with two attached hydrogens (primary N) is 1. The van der Waals surface area contributed by atoms with Gasteiger partial charge in [-0.05, 0) is 45.1 Å². The summed E-state index contributed by atoms with van der Waals surface area (Å²) in [4.78, 5) is 15.0. The largest absolute Gasteiger partial charge is 0.320 e. The number of nitrogens with zero attached hydrogens (tertiary/aromatic N) is 1. The van der Waals surface area contributed by atoms with E-state index in [4.69, 9.17) is 0 Å². The van der Waals surface area contributed by atoms with E-state index in [1.165, 1.54) is 81.8 Å². The van der Waals surface area contributed by atoms with Gasteiger partial charge in [-0.2, -0.15) is 0 Å². The van der Waals surface area contributed by atoms with Crippen LogP contribution in [0.3, 0.4) is 0 Å². The van der Waals surface area contributed by atoms with E-state index in [1.807, 2.05) is 13.0 Å². The second kappa shape index (κ2) is 10.8. The Kier molecular flexibility index (Phi) is 8.14. The lowest BCUT2D eigenvalue weighted by atomic mass is 9.97. The molecule has 2 aliphatic rings. The molecule has 1 heterocycles. The lowest BCUT2D eigenvalue weighted by Crippen LogP contribution is -2.97. The molecule has 1 amide bonds. The minimum absolute atomic E-state index is 0.172. The van der Waals surface area contributed by atoms with E-state index in [1.54, 1.807) is 0 Å². The van der Waals surface area contributed by atoms with Crippen LogP contribution in [0.1, 0.15) is 90.0 Å². The Morgan fingerprint density at radius 3 is 1.96 bits per heavy atom. The van der Waals surface area contributed by atoms with Crippen LogP contribution >= 0.6 is 0 Å². The van der Waals surface area contributed by atoms with Gasteiger partial charge in [-0.25, -0.2) is 0 Å². The number of carbonyl (C=O) groups is 1. The van der Waals surface area contributed by atoms with E-state index in [2.05, 4.69) is 41.4 Å². The van der Waals surface area contributed by atoms with Crippen molar-refractivity contribution in [2.24, 2.45) is 0 Å². The fourth-order valence-electron chi connectivity index (χ4n) is 4.81. The summed E-state index contributed by atoms with van der Waals surface area (Å²) in [5.41, 5.74) is 3.42. The van der Waals surface area contributed by atoms with Gasteiger partial charge in [0.15, 0.2) is 6.17 Å². The van der Waals surface area contributed by atoms with Crippen molar-refractivity contribution in [2.75, 3.05) is 0 Å². The van der Waals surface area contributed by atoms with E-state index in [0.717, 1.165) is 5.57 Å². The fraction of sp³-hybridized carbons (Fsp3) is 0.640. The minimum atomic E-state index is 0.172. The predicted molar refractivity (Wildman–Crippen MR) is 116 cm³/mol. The summed E-state index contributed by atoms with van der Waals surface area (Å²) in [6.07, 6.45) is 15.2. The molecule has 1 fully saturated rings. The Morgan fingerprint density at radius 1 is 0.857 bits per heavy atom. The maximum absolute atomic E-state index is 12.9. The molecule has 0 unspecified atom stereocenters. The predicted octanol–water partition coefficient (Wildman–Crippen LogP) is 4.93. The van der Waals surface area contributed by atoms with Crippen LogP contribution in [0.15, 0.2) is 41.5 Å². The zero-order valence-electron chi connectivity index (χ0n) is 18.0. The van der Waals surface area contributed by atoms with Gasteiger partial charge < -0.3 is 5.32 Å². The van der Waals surface area contributed by atoms with Crippen molar-refractivity contribution in [3.63, 3.8) is 0 Å². The first-order valence-corrected chi connectivity index (χ1v) is 11.5. The Labute approximate surface area is 171 Å². The average molecular weight is 384 g/mol. The van der Waals surface area contributed by atoms with Gasteiger partial charge in [0.2, 0.25) is 0 Å². The van der Waals surface area contributed by atoms with Gasteiger partial charge in [-0.15, -0.1) is 0 Å². The Balaban J connectivity index is 1.67. The summed E-state index contributed by atoms with van der Waals surface area (Å²) in [7, 11) is 0. The van der Waals surface area contributed by atoms with Crippen molar-refractivity contribution < 1.29 is 10.1 Å². The highest BCUT2D eigenvalue weighted by molar-refractivity contribution is 5.96. The summed E-state index contributed by atoms with van der Waals surface area (Å²) < 4.78 is 0. The van der Waals surface area contributed by atoms with Crippen LogP contribution in [-0.2, 0) is 11.3 Å². The molecule has 1 aliphatic heterocycles. The molecule has 0 saturated heterocycles. The molecule has 0 radical (unpaired) electrons. The van der Waals surface area contributed by atoms with Crippen molar-refractivity contribution in [1.29, 1.82) is 0 Å². The topological polar surface area (TPSA) is 36.9 Å². The van der Waals surface area contributed by atoms with Gasteiger partial charge in [0.25, 0.3) is 5.91 Å². The second-order valence-corrected chi connectivity index (χ2v) is 8.88. The normalized spacial score (nSPS) is 23.6. The number of hydrogen-bond donors (Lipinski definition) is 1. The summed E-state index contributed by atoms with van der Waals surface area (Å²) >= 11 is 0. The summed E-state index contributed by atoms with van der Waals surface area (Å²) in [5.74, 6) is 0.218. The van der Waals surface area contributed by atoms with Crippen LogP contribution in [0.5, 0.6) is 0 Å². The lowest BCUT2D eigenvalue weighted by molar-refractivity contribution is -0.729. The van der Waals surface area contributed by atoms with Gasteiger partial charge in [0.1, 0.15) is 0 Å². The maximum atomic E-state index is 12.9. The highest BCUT2D eigenvalue weighted by atomic mass is 16.2. The molecule has 3 rings (SSSR count). The zero-order valence-corrected chi connectivity index (χ0v) is 18.0. The summed E-state index contributed by atoms with van der Waals surface area (Å²) in [5, 5.41) is 2.53.